The number of esters is 4. The fraction of sp³-hybridized carbons (Fsp3) is 0.923. The van der Waals surface area contributed by atoms with Gasteiger partial charge in [0.25, 0.3) is 0 Å². The van der Waals surface area contributed by atoms with Gasteiger partial charge in [-0.05, 0) is 26.2 Å². The third-order valence-electron chi connectivity index (χ3n) is 12.8. The Morgan fingerprint density at radius 1 is 0.438 bits per heavy atom. The Labute approximate surface area is 392 Å². The lowest BCUT2D eigenvalue weighted by molar-refractivity contribution is -0.145. The zero-order valence-electron chi connectivity index (χ0n) is 42.3. The minimum atomic E-state index is -0.246. The molecule has 1 atom stereocenters. The van der Waals surface area contributed by atoms with E-state index in [0.717, 1.165) is 84.3 Å². The van der Waals surface area contributed by atoms with Crippen molar-refractivity contribution in [2.45, 2.75) is 214 Å². The molecule has 64 heavy (non-hydrogen) atoms. The Hall–Kier alpha value is -2.28. The maximum atomic E-state index is 12.8. The van der Waals surface area contributed by atoms with Crippen LogP contribution in [0.1, 0.15) is 207 Å². The molecule has 12 heteroatoms. The highest BCUT2D eigenvalue weighted by Gasteiger charge is 2.25. The van der Waals surface area contributed by atoms with Crippen molar-refractivity contribution < 1.29 is 38.1 Å². The van der Waals surface area contributed by atoms with Gasteiger partial charge in [-0.2, -0.15) is 0 Å². The van der Waals surface area contributed by atoms with Crippen molar-refractivity contribution in [1.82, 2.24) is 19.6 Å². The van der Waals surface area contributed by atoms with E-state index in [1.54, 1.807) is 0 Å². The Morgan fingerprint density at radius 3 is 1.11 bits per heavy atom. The molecule has 1 aliphatic rings. The number of methoxy groups -OCH3 is 1. The van der Waals surface area contributed by atoms with Gasteiger partial charge in [-0.25, -0.2) is 0 Å². The summed E-state index contributed by atoms with van der Waals surface area (Å²) in [5, 5.41) is 0. The van der Waals surface area contributed by atoms with Crippen molar-refractivity contribution in [2.75, 3.05) is 98.9 Å². The molecule has 1 saturated heterocycles. The van der Waals surface area contributed by atoms with E-state index in [-0.39, 0.29) is 30.3 Å². The highest BCUT2D eigenvalue weighted by Crippen LogP contribution is 2.14. The number of piperazine rings is 1. The molecule has 376 valence electrons. The predicted octanol–water partition coefficient (Wildman–Crippen LogP) is 10.4. The van der Waals surface area contributed by atoms with E-state index in [0.29, 0.717) is 71.3 Å². The monoisotopic (exact) mass is 909 g/mol. The maximum Gasteiger partial charge on any atom is 0.307 e. The number of rotatable bonds is 45. The summed E-state index contributed by atoms with van der Waals surface area (Å²) >= 11 is 0. The van der Waals surface area contributed by atoms with Crippen molar-refractivity contribution in [3.8, 4) is 0 Å². The van der Waals surface area contributed by atoms with Crippen molar-refractivity contribution in [3.05, 3.63) is 0 Å². The van der Waals surface area contributed by atoms with Crippen LogP contribution >= 0.6 is 0 Å². The number of carbonyl (C=O) groups is 4. The van der Waals surface area contributed by atoms with Crippen LogP contribution in [0.5, 0.6) is 0 Å². The first-order valence-corrected chi connectivity index (χ1v) is 26.7. The predicted molar refractivity (Wildman–Crippen MR) is 262 cm³/mol. The van der Waals surface area contributed by atoms with Crippen LogP contribution in [0, 0.1) is 0 Å². The van der Waals surface area contributed by atoms with E-state index in [1.165, 1.54) is 123 Å². The first-order chi connectivity index (χ1) is 31.2. The van der Waals surface area contributed by atoms with Gasteiger partial charge >= 0.3 is 23.9 Å². The molecule has 1 rings (SSSR count). The number of ether oxygens (including phenoxy) is 4. The SMILES string of the molecule is CCCCCCCCCCOC(=O)CCN(CCC(=O)OCCCCCCCCCC)CCN1CCN(CCN(CCC(=O)OC)CCC(=O)OCCCCCCCCCC)[C@@H](C)C1. The number of nitrogens with zero attached hydrogens (tertiary/aromatic N) is 4. The Kier molecular flexibility index (Phi) is 40.4. The van der Waals surface area contributed by atoms with E-state index < -0.39 is 0 Å². The molecule has 1 heterocycles. The van der Waals surface area contributed by atoms with Crippen molar-refractivity contribution >= 4 is 23.9 Å². The molecule has 0 aromatic heterocycles. The van der Waals surface area contributed by atoms with Gasteiger partial charge in [0.1, 0.15) is 0 Å². The molecule has 0 amide bonds. The standard InChI is InChI=1S/C52H100N4O8/c1-6-9-12-15-18-21-24-27-44-62-50(58)31-35-53(36-32-51(59)63-45-28-25-22-19-16-13-10-7-2)38-39-55-41-43-56(48(4)47-55)42-40-54(34-30-49(57)61-5)37-33-52(60)64-46-29-26-23-20-17-14-11-8-3/h48H,6-47H2,1-5H3/t48-/m0/s1. The normalized spacial score (nSPS) is 14.6. The van der Waals surface area contributed by atoms with E-state index >= 15 is 0 Å². The largest absolute Gasteiger partial charge is 0.469 e. The summed E-state index contributed by atoms with van der Waals surface area (Å²) in [5.74, 6) is -0.745. The van der Waals surface area contributed by atoms with E-state index in [1.807, 2.05) is 0 Å². The molecule has 0 aromatic carbocycles. The van der Waals surface area contributed by atoms with Gasteiger partial charge in [-0.1, -0.05) is 156 Å². The van der Waals surface area contributed by atoms with Crippen LogP contribution in [-0.2, 0) is 38.1 Å². The zero-order chi connectivity index (χ0) is 46.7. The second kappa shape index (κ2) is 43.3. The van der Waals surface area contributed by atoms with Gasteiger partial charge < -0.3 is 28.7 Å². The summed E-state index contributed by atoms with van der Waals surface area (Å²) in [6.45, 7) is 18.6. The quantitative estimate of drug-likeness (QED) is 0.0329. The Balaban J connectivity index is 2.57. The van der Waals surface area contributed by atoms with Crippen LogP contribution in [0.3, 0.4) is 0 Å². The van der Waals surface area contributed by atoms with E-state index in [9.17, 15) is 19.2 Å². The average Bonchev–Trinajstić information content (AvgIpc) is 3.29. The fourth-order valence-electron chi connectivity index (χ4n) is 8.41. The summed E-state index contributed by atoms with van der Waals surface area (Å²) in [5.41, 5.74) is 0. The van der Waals surface area contributed by atoms with Gasteiger partial charge in [-0.3, -0.25) is 29.0 Å². The van der Waals surface area contributed by atoms with Crippen LogP contribution < -0.4 is 0 Å². The molecule has 0 N–H and O–H groups in total. The lowest BCUT2D eigenvalue weighted by Gasteiger charge is -2.41. The molecule has 0 saturated carbocycles. The van der Waals surface area contributed by atoms with Crippen LogP contribution in [0.2, 0.25) is 0 Å². The summed E-state index contributed by atoms with van der Waals surface area (Å²) < 4.78 is 21.7. The van der Waals surface area contributed by atoms with Crippen LogP contribution in [0.15, 0.2) is 0 Å². The number of unbranched alkanes of at least 4 members (excludes halogenated alkanes) is 21. The Bertz CT molecular complexity index is 1090. The molecule has 0 bridgehead atoms. The summed E-state index contributed by atoms with van der Waals surface area (Å²) in [4.78, 5) is 59.5. The molecule has 1 aliphatic heterocycles. The van der Waals surface area contributed by atoms with E-state index in [4.69, 9.17) is 18.9 Å². The molecule has 1 fully saturated rings. The second-order valence-electron chi connectivity index (χ2n) is 18.5. The smallest absolute Gasteiger partial charge is 0.307 e. The molecular formula is C52H100N4O8. The Morgan fingerprint density at radius 2 is 0.766 bits per heavy atom. The minimum Gasteiger partial charge on any atom is -0.469 e. The van der Waals surface area contributed by atoms with Crippen LogP contribution in [-0.4, -0.2) is 148 Å². The lowest BCUT2D eigenvalue weighted by Crippen LogP contribution is -2.54. The van der Waals surface area contributed by atoms with Gasteiger partial charge in [-0.15, -0.1) is 0 Å². The average molecular weight is 909 g/mol. The van der Waals surface area contributed by atoms with Crippen LogP contribution in [0.4, 0.5) is 0 Å². The topological polar surface area (TPSA) is 118 Å². The number of hydrogen-bond acceptors (Lipinski definition) is 12. The van der Waals surface area contributed by atoms with Crippen molar-refractivity contribution in [3.63, 3.8) is 0 Å². The van der Waals surface area contributed by atoms with Gasteiger partial charge in [0.05, 0.1) is 52.6 Å². The molecule has 0 aromatic rings. The highest BCUT2D eigenvalue weighted by atomic mass is 16.5. The number of hydrogen-bond donors (Lipinski definition) is 0. The molecule has 0 spiro atoms. The third kappa shape index (κ3) is 35.9. The maximum absolute atomic E-state index is 12.8. The van der Waals surface area contributed by atoms with E-state index in [2.05, 4.69) is 47.3 Å². The summed E-state index contributed by atoms with van der Waals surface area (Å²) in [7, 11) is 1.41. The summed E-state index contributed by atoms with van der Waals surface area (Å²) in [6, 6.07) is 0.332. The van der Waals surface area contributed by atoms with Crippen molar-refractivity contribution in [2.24, 2.45) is 0 Å². The first kappa shape index (κ1) is 59.7. The molecule has 12 nitrogen and oxygen atoms in total. The van der Waals surface area contributed by atoms with Gasteiger partial charge in [0.2, 0.25) is 0 Å². The minimum absolute atomic E-state index is 0.163. The highest BCUT2D eigenvalue weighted by molar-refractivity contribution is 5.70. The fourth-order valence-corrected chi connectivity index (χ4v) is 8.41. The second-order valence-corrected chi connectivity index (χ2v) is 18.5. The van der Waals surface area contributed by atoms with Gasteiger partial charge in [0.15, 0.2) is 0 Å². The zero-order valence-corrected chi connectivity index (χ0v) is 42.3. The van der Waals surface area contributed by atoms with Crippen molar-refractivity contribution in [1.29, 1.82) is 0 Å². The number of carbonyl (C=O) groups excluding carboxylic acids is 4. The first-order valence-electron chi connectivity index (χ1n) is 26.7. The van der Waals surface area contributed by atoms with Gasteiger partial charge in [0, 0.05) is 78.0 Å². The molecule has 0 unspecified atom stereocenters. The van der Waals surface area contributed by atoms with Crippen LogP contribution in [0.25, 0.3) is 0 Å². The lowest BCUT2D eigenvalue weighted by atomic mass is 10.1. The summed E-state index contributed by atoms with van der Waals surface area (Å²) in [6.07, 6.45) is 30.2. The molecular weight excluding hydrogens is 809 g/mol. The third-order valence-corrected chi connectivity index (χ3v) is 12.8. The molecule has 0 radical (unpaired) electrons. The molecule has 0 aliphatic carbocycles.